The number of Topliss-reactive ketones (excluding diaryl/α,β-unsaturated/α-hetero) is 2. The molecule has 3 aliphatic carbocycles. The fraction of sp³-hybridized carbons (Fsp3) is 0.561. The first-order valence-corrected chi connectivity index (χ1v) is 19.5. The van der Waals surface area contributed by atoms with E-state index in [0.717, 1.165) is 75.9 Å². The molecule has 2 aromatic carbocycles. The molecule has 1 aliphatic heterocycles. The Morgan fingerprint density at radius 1 is 0.554 bits per heavy atom. The Kier molecular flexibility index (Phi) is 12.1. The van der Waals surface area contributed by atoms with Crippen LogP contribution in [-0.2, 0) is 25.2 Å². The van der Waals surface area contributed by atoms with Crippen LogP contribution in [-0.4, -0.2) is 59.0 Å². The Hall–Kier alpha value is -4.40. The lowest BCUT2D eigenvalue weighted by molar-refractivity contribution is -0.140. The normalized spacial score (nSPS) is 19.8. The smallest absolute Gasteiger partial charge is 0.419 e. The molecule has 56 heavy (non-hydrogen) atoms. The van der Waals surface area contributed by atoms with Crippen LogP contribution < -0.4 is 24.3 Å². The summed E-state index contributed by atoms with van der Waals surface area (Å²) in [5, 5.41) is 3.07. The van der Waals surface area contributed by atoms with E-state index in [2.05, 4.69) is 15.3 Å². The van der Waals surface area contributed by atoms with Crippen molar-refractivity contribution in [3.05, 3.63) is 70.3 Å². The summed E-state index contributed by atoms with van der Waals surface area (Å²) in [7, 11) is 0. The molecule has 4 fully saturated rings. The SMILES string of the molecule is O=C(Cc1cc(C(F)(F)F)c(OC2CCCC2)cc1OC1CCCC1)c1cc(C(=O)Cc2cc(C(F)(F)F)c(OC3CCNC3)cc2OC2CCCC2)ncn1. The number of ketones is 2. The molecule has 9 nitrogen and oxygen atoms in total. The van der Waals surface area contributed by atoms with Crippen LogP contribution in [0.25, 0.3) is 0 Å². The monoisotopic (exact) mass is 789 g/mol. The van der Waals surface area contributed by atoms with Gasteiger partial charge < -0.3 is 24.3 Å². The number of benzene rings is 2. The highest BCUT2D eigenvalue weighted by Crippen LogP contribution is 2.44. The summed E-state index contributed by atoms with van der Waals surface area (Å²) >= 11 is 0. The summed E-state index contributed by atoms with van der Waals surface area (Å²) in [6.07, 6.45) is -0.977. The lowest BCUT2D eigenvalue weighted by Crippen LogP contribution is -2.22. The van der Waals surface area contributed by atoms with Crippen molar-refractivity contribution < 1.29 is 54.9 Å². The van der Waals surface area contributed by atoms with Gasteiger partial charge in [-0.25, -0.2) is 9.97 Å². The van der Waals surface area contributed by atoms with Gasteiger partial charge >= 0.3 is 12.4 Å². The lowest BCUT2D eigenvalue weighted by Gasteiger charge is -2.23. The van der Waals surface area contributed by atoms with E-state index >= 15 is 0 Å². The maximum atomic E-state index is 14.4. The minimum Gasteiger partial charge on any atom is -0.490 e. The predicted octanol–water partition coefficient (Wildman–Crippen LogP) is 9.07. The average molecular weight is 790 g/mol. The quantitative estimate of drug-likeness (QED) is 0.126. The second-order valence-corrected chi connectivity index (χ2v) is 15.2. The number of nitrogens with zero attached hydrogens (tertiary/aromatic N) is 2. The number of carbonyl (C=O) groups is 2. The second kappa shape index (κ2) is 17.0. The summed E-state index contributed by atoms with van der Waals surface area (Å²) in [6, 6.07) is 5.31. The highest BCUT2D eigenvalue weighted by Gasteiger charge is 2.39. The molecule has 1 aromatic heterocycles. The van der Waals surface area contributed by atoms with Gasteiger partial charge in [0.15, 0.2) is 11.6 Å². The number of rotatable bonds is 14. The molecule has 1 saturated heterocycles. The van der Waals surface area contributed by atoms with Gasteiger partial charge in [0.05, 0.1) is 29.4 Å². The van der Waals surface area contributed by atoms with Gasteiger partial charge in [0.1, 0.15) is 46.8 Å². The zero-order valence-corrected chi connectivity index (χ0v) is 30.9. The second-order valence-electron chi connectivity index (χ2n) is 15.2. The number of ether oxygens (including phenoxy) is 4. The summed E-state index contributed by atoms with van der Waals surface area (Å²) < 4.78 is 111. The number of hydrogen-bond donors (Lipinski definition) is 1. The molecule has 302 valence electrons. The van der Waals surface area contributed by atoms with Crippen LogP contribution in [0.4, 0.5) is 26.3 Å². The van der Waals surface area contributed by atoms with Crippen molar-refractivity contribution in [1.29, 1.82) is 0 Å². The predicted molar refractivity (Wildman–Crippen MR) is 192 cm³/mol. The molecule has 2 heterocycles. The first-order chi connectivity index (χ1) is 26.8. The number of halogens is 6. The van der Waals surface area contributed by atoms with Crippen LogP contribution in [0.2, 0.25) is 0 Å². The van der Waals surface area contributed by atoms with Crippen LogP contribution in [0, 0.1) is 0 Å². The molecule has 7 rings (SSSR count). The number of carbonyl (C=O) groups excluding carboxylic acids is 2. The van der Waals surface area contributed by atoms with Crippen molar-refractivity contribution in [2.24, 2.45) is 0 Å². The van der Waals surface area contributed by atoms with Gasteiger partial charge in [-0.15, -0.1) is 0 Å². The Morgan fingerprint density at radius 2 is 0.946 bits per heavy atom. The molecule has 4 aliphatic rings. The maximum Gasteiger partial charge on any atom is 0.419 e. The van der Waals surface area contributed by atoms with Gasteiger partial charge in [-0.1, -0.05) is 0 Å². The Labute approximate surface area is 320 Å². The zero-order chi connectivity index (χ0) is 39.5. The van der Waals surface area contributed by atoms with Crippen molar-refractivity contribution in [3.63, 3.8) is 0 Å². The topological polar surface area (TPSA) is 109 Å². The molecule has 0 bridgehead atoms. The first-order valence-electron chi connectivity index (χ1n) is 19.5. The van der Waals surface area contributed by atoms with Gasteiger partial charge in [0.2, 0.25) is 0 Å². The summed E-state index contributed by atoms with van der Waals surface area (Å²) in [6.45, 7) is 1.00. The van der Waals surface area contributed by atoms with Crippen molar-refractivity contribution in [3.8, 4) is 23.0 Å². The molecular formula is C41H45F6N3O6. The Balaban J connectivity index is 1.15. The van der Waals surface area contributed by atoms with Gasteiger partial charge in [-0.2, -0.15) is 26.3 Å². The number of nitrogens with one attached hydrogen (secondary N) is 1. The molecule has 3 aromatic rings. The van der Waals surface area contributed by atoms with Crippen LogP contribution in [0.5, 0.6) is 23.0 Å². The molecule has 1 N–H and O–H groups in total. The summed E-state index contributed by atoms with van der Waals surface area (Å²) in [5.41, 5.74) is -2.59. The molecule has 1 atom stereocenters. The van der Waals surface area contributed by atoms with Gasteiger partial charge in [0.25, 0.3) is 0 Å². The van der Waals surface area contributed by atoms with Crippen molar-refractivity contribution in [2.45, 2.75) is 133 Å². The van der Waals surface area contributed by atoms with Crippen molar-refractivity contribution in [2.75, 3.05) is 13.1 Å². The van der Waals surface area contributed by atoms with Crippen LogP contribution in [0.3, 0.4) is 0 Å². The largest absolute Gasteiger partial charge is 0.490 e. The summed E-state index contributed by atoms with van der Waals surface area (Å²) in [5.74, 6) is -1.93. The van der Waals surface area contributed by atoms with Crippen molar-refractivity contribution in [1.82, 2.24) is 15.3 Å². The van der Waals surface area contributed by atoms with E-state index in [0.29, 0.717) is 45.2 Å². The maximum absolute atomic E-state index is 14.4. The van der Waals surface area contributed by atoms with E-state index in [1.165, 1.54) is 12.1 Å². The van der Waals surface area contributed by atoms with Crippen LogP contribution in [0.15, 0.2) is 36.7 Å². The standard InChI is InChI=1S/C41H45F6N3O6/c42-40(43,44)30-15-24(36(53-26-7-1-2-8-26)20-38(30)55-28-11-5-6-12-28)17-34(51)32-19-33(50-23-49-32)35(52)18-25-16-31(41(45,46)47)39(56-29-13-14-48-22-29)21-37(25)54-27-9-3-4-10-27/h15-16,19-21,23,26-29,48H,1-14,17-18,22H2. The van der Waals surface area contributed by atoms with Crippen LogP contribution in [0.1, 0.15) is 127 Å². The molecule has 0 amide bonds. The third-order valence-electron chi connectivity index (χ3n) is 11.0. The van der Waals surface area contributed by atoms with E-state index in [9.17, 15) is 35.9 Å². The molecular weight excluding hydrogens is 744 g/mol. The highest BCUT2D eigenvalue weighted by molar-refractivity contribution is 6.00. The molecule has 1 unspecified atom stereocenters. The van der Waals surface area contributed by atoms with E-state index < -0.39 is 54.0 Å². The fourth-order valence-corrected chi connectivity index (χ4v) is 8.00. The molecule has 3 saturated carbocycles. The molecule has 0 radical (unpaired) electrons. The Bertz CT molecular complexity index is 1750. The fourth-order valence-electron chi connectivity index (χ4n) is 8.00. The highest BCUT2D eigenvalue weighted by atomic mass is 19.4. The van der Waals surface area contributed by atoms with E-state index in [1.54, 1.807) is 0 Å². The third kappa shape index (κ3) is 9.75. The number of hydrogen-bond acceptors (Lipinski definition) is 9. The summed E-state index contributed by atoms with van der Waals surface area (Å²) in [4.78, 5) is 35.4. The van der Waals surface area contributed by atoms with Crippen molar-refractivity contribution >= 4 is 11.6 Å². The van der Waals surface area contributed by atoms with E-state index in [-0.39, 0.29) is 63.8 Å². The van der Waals surface area contributed by atoms with Crippen LogP contribution >= 0.6 is 0 Å². The van der Waals surface area contributed by atoms with E-state index in [1.807, 2.05) is 0 Å². The lowest BCUT2D eigenvalue weighted by atomic mass is 9.99. The minimum absolute atomic E-state index is 0.0106. The Morgan fingerprint density at radius 3 is 1.32 bits per heavy atom. The number of alkyl halides is 6. The first kappa shape index (κ1) is 39.8. The van der Waals surface area contributed by atoms with Gasteiger partial charge in [0, 0.05) is 42.6 Å². The van der Waals surface area contributed by atoms with Gasteiger partial charge in [-0.3, -0.25) is 9.59 Å². The molecule has 15 heteroatoms. The average Bonchev–Trinajstić information content (AvgIpc) is 4.00. The number of aromatic nitrogens is 2. The minimum atomic E-state index is -4.80. The zero-order valence-electron chi connectivity index (χ0n) is 30.9. The molecule has 0 spiro atoms. The van der Waals surface area contributed by atoms with E-state index in [4.69, 9.17) is 18.9 Å². The van der Waals surface area contributed by atoms with Gasteiger partial charge in [-0.05, 0) is 108 Å². The third-order valence-corrected chi connectivity index (χ3v) is 11.0.